The summed E-state index contributed by atoms with van der Waals surface area (Å²) in [6, 6.07) is 5.94. The van der Waals surface area contributed by atoms with E-state index in [1.54, 1.807) is 16.9 Å². The molecule has 5 heteroatoms. The maximum atomic E-state index is 11.9. The summed E-state index contributed by atoms with van der Waals surface area (Å²) in [6.45, 7) is 2.05. The van der Waals surface area contributed by atoms with Gasteiger partial charge in [-0.2, -0.15) is 0 Å². The van der Waals surface area contributed by atoms with Crippen LogP contribution in [-0.2, 0) is 11.3 Å². The molecular weight excluding hydrogens is 284 g/mol. The van der Waals surface area contributed by atoms with Crippen LogP contribution in [0.5, 0.6) is 0 Å². The fourth-order valence-corrected chi connectivity index (χ4v) is 2.24. The van der Waals surface area contributed by atoms with E-state index in [0.717, 1.165) is 28.8 Å². The number of methoxy groups -OCH3 is 1. The fraction of sp³-hybridized carbons (Fsp3) is 0.417. The quantitative estimate of drug-likeness (QED) is 0.859. The molecule has 0 aliphatic carbocycles. The van der Waals surface area contributed by atoms with E-state index in [9.17, 15) is 4.79 Å². The van der Waals surface area contributed by atoms with Crippen LogP contribution in [0, 0.1) is 0 Å². The summed E-state index contributed by atoms with van der Waals surface area (Å²) in [5.41, 5.74) is 1.97. The molecule has 1 aliphatic rings. The molecule has 0 bridgehead atoms. The van der Waals surface area contributed by atoms with E-state index in [1.165, 1.54) is 0 Å². The van der Waals surface area contributed by atoms with Gasteiger partial charge in [-0.1, -0.05) is 15.9 Å². The number of likely N-dealkylation sites (N-methyl/N-ethyl adjacent to an activating group) is 1. The number of rotatable bonds is 3. The zero-order chi connectivity index (χ0) is 12.4. The number of hydrogen-bond acceptors (Lipinski definition) is 2. The molecule has 0 unspecified atom stereocenters. The number of carbonyl (C=O) groups is 1. The zero-order valence-electron chi connectivity index (χ0n) is 9.94. The van der Waals surface area contributed by atoms with Crippen molar-refractivity contribution >= 4 is 27.6 Å². The highest BCUT2D eigenvalue weighted by molar-refractivity contribution is 9.10. The van der Waals surface area contributed by atoms with E-state index in [-0.39, 0.29) is 6.03 Å². The SMILES string of the molecule is COCc1cc(N2CCN(C)C2=O)ccc1Br. The minimum absolute atomic E-state index is 0.0516. The fourth-order valence-electron chi connectivity index (χ4n) is 1.88. The Bertz CT molecular complexity index is 437. The molecule has 2 rings (SSSR count). The highest BCUT2D eigenvalue weighted by Crippen LogP contribution is 2.26. The Morgan fingerprint density at radius 1 is 1.41 bits per heavy atom. The Morgan fingerprint density at radius 3 is 2.76 bits per heavy atom. The van der Waals surface area contributed by atoms with Gasteiger partial charge in [-0.3, -0.25) is 4.90 Å². The second-order valence-corrected chi connectivity index (χ2v) is 4.92. The molecule has 1 heterocycles. The monoisotopic (exact) mass is 298 g/mol. The van der Waals surface area contributed by atoms with Crippen molar-refractivity contribution in [1.82, 2.24) is 4.90 Å². The summed E-state index contributed by atoms with van der Waals surface area (Å²) < 4.78 is 6.13. The van der Waals surface area contributed by atoms with Crippen LogP contribution >= 0.6 is 15.9 Å². The summed E-state index contributed by atoms with van der Waals surface area (Å²) in [5, 5.41) is 0. The molecule has 0 aromatic heterocycles. The van der Waals surface area contributed by atoms with Crippen LogP contribution in [0.3, 0.4) is 0 Å². The highest BCUT2D eigenvalue weighted by atomic mass is 79.9. The van der Waals surface area contributed by atoms with E-state index in [2.05, 4.69) is 15.9 Å². The minimum atomic E-state index is 0.0516. The third kappa shape index (κ3) is 2.45. The van der Waals surface area contributed by atoms with Gasteiger partial charge in [0.25, 0.3) is 0 Å². The Labute approximate surface area is 109 Å². The van der Waals surface area contributed by atoms with Gasteiger partial charge in [-0.15, -0.1) is 0 Å². The third-order valence-corrected chi connectivity index (χ3v) is 3.63. The van der Waals surface area contributed by atoms with Crippen molar-refractivity contribution in [3.63, 3.8) is 0 Å². The van der Waals surface area contributed by atoms with Gasteiger partial charge in [0.2, 0.25) is 0 Å². The van der Waals surface area contributed by atoms with Crippen molar-refractivity contribution in [2.24, 2.45) is 0 Å². The van der Waals surface area contributed by atoms with Gasteiger partial charge in [-0.05, 0) is 23.8 Å². The lowest BCUT2D eigenvalue weighted by molar-refractivity contribution is 0.184. The molecule has 0 spiro atoms. The molecule has 1 fully saturated rings. The smallest absolute Gasteiger partial charge is 0.324 e. The molecular formula is C12H15BrN2O2. The number of benzene rings is 1. The van der Waals surface area contributed by atoms with Gasteiger partial charge in [0.1, 0.15) is 0 Å². The van der Waals surface area contributed by atoms with E-state index < -0.39 is 0 Å². The van der Waals surface area contributed by atoms with Crippen molar-refractivity contribution in [2.75, 3.05) is 32.1 Å². The summed E-state index contributed by atoms with van der Waals surface area (Å²) >= 11 is 3.47. The predicted octanol–water partition coefficient (Wildman–Crippen LogP) is 2.47. The van der Waals surface area contributed by atoms with Crippen molar-refractivity contribution in [3.05, 3.63) is 28.2 Å². The molecule has 0 atom stereocenters. The van der Waals surface area contributed by atoms with Crippen LogP contribution in [0.1, 0.15) is 5.56 Å². The average molecular weight is 299 g/mol. The predicted molar refractivity (Wildman–Crippen MR) is 70.2 cm³/mol. The molecule has 0 saturated carbocycles. The van der Waals surface area contributed by atoms with Crippen molar-refractivity contribution in [3.8, 4) is 0 Å². The summed E-state index contributed by atoms with van der Waals surface area (Å²) in [5.74, 6) is 0. The van der Waals surface area contributed by atoms with Crippen molar-refractivity contribution in [1.29, 1.82) is 0 Å². The zero-order valence-corrected chi connectivity index (χ0v) is 11.5. The topological polar surface area (TPSA) is 32.8 Å². The van der Waals surface area contributed by atoms with E-state index in [1.807, 2.05) is 25.2 Å². The van der Waals surface area contributed by atoms with Crippen LogP contribution < -0.4 is 4.90 Å². The maximum Gasteiger partial charge on any atom is 0.324 e. The Hall–Kier alpha value is -1.07. The number of halogens is 1. The van der Waals surface area contributed by atoms with Crippen LogP contribution in [0.2, 0.25) is 0 Å². The van der Waals surface area contributed by atoms with Crippen LogP contribution in [0.4, 0.5) is 10.5 Å². The van der Waals surface area contributed by atoms with Crippen LogP contribution in [-0.4, -0.2) is 38.2 Å². The lowest BCUT2D eigenvalue weighted by Gasteiger charge is -2.17. The molecule has 4 nitrogen and oxygen atoms in total. The number of anilines is 1. The molecule has 0 N–H and O–H groups in total. The van der Waals surface area contributed by atoms with Crippen molar-refractivity contribution < 1.29 is 9.53 Å². The summed E-state index contributed by atoms with van der Waals surface area (Å²) in [4.78, 5) is 15.4. The number of nitrogens with zero attached hydrogens (tertiary/aromatic N) is 2. The number of amides is 2. The van der Waals surface area contributed by atoms with Gasteiger partial charge >= 0.3 is 6.03 Å². The van der Waals surface area contributed by atoms with Gasteiger partial charge in [-0.25, -0.2) is 4.79 Å². The summed E-state index contributed by atoms with van der Waals surface area (Å²) in [6.07, 6.45) is 0. The standard InChI is InChI=1S/C12H15BrN2O2/c1-14-5-6-15(12(14)16)10-3-4-11(13)9(7-10)8-17-2/h3-4,7H,5-6,8H2,1-2H3. The Kier molecular flexibility index (Phi) is 3.69. The molecule has 1 saturated heterocycles. The largest absolute Gasteiger partial charge is 0.380 e. The first-order valence-electron chi connectivity index (χ1n) is 5.43. The highest BCUT2D eigenvalue weighted by Gasteiger charge is 2.26. The number of ether oxygens (including phenoxy) is 1. The number of carbonyl (C=O) groups excluding carboxylic acids is 1. The average Bonchev–Trinajstić information content (AvgIpc) is 2.64. The lowest BCUT2D eigenvalue weighted by atomic mass is 10.2. The number of hydrogen-bond donors (Lipinski definition) is 0. The normalized spacial score (nSPS) is 15.8. The first kappa shape index (κ1) is 12.4. The lowest BCUT2D eigenvalue weighted by Crippen LogP contribution is -2.29. The minimum Gasteiger partial charge on any atom is -0.380 e. The Morgan fingerprint density at radius 2 is 2.18 bits per heavy atom. The first-order valence-corrected chi connectivity index (χ1v) is 6.23. The van der Waals surface area contributed by atoms with Crippen LogP contribution in [0.25, 0.3) is 0 Å². The van der Waals surface area contributed by atoms with Crippen LogP contribution in [0.15, 0.2) is 22.7 Å². The number of urea groups is 1. The molecule has 1 aromatic rings. The maximum absolute atomic E-state index is 11.9. The molecule has 1 aliphatic heterocycles. The summed E-state index contributed by atoms with van der Waals surface area (Å²) in [7, 11) is 3.48. The molecule has 0 radical (unpaired) electrons. The van der Waals surface area contributed by atoms with E-state index >= 15 is 0 Å². The third-order valence-electron chi connectivity index (χ3n) is 2.86. The van der Waals surface area contributed by atoms with Crippen molar-refractivity contribution in [2.45, 2.75) is 6.61 Å². The van der Waals surface area contributed by atoms with Gasteiger partial charge < -0.3 is 9.64 Å². The van der Waals surface area contributed by atoms with Gasteiger partial charge in [0, 0.05) is 37.4 Å². The van der Waals surface area contributed by atoms with E-state index in [4.69, 9.17) is 4.74 Å². The van der Waals surface area contributed by atoms with Gasteiger partial charge in [0.05, 0.1) is 6.61 Å². The van der Waals surface area contributed by atoms with E-state index in [0.29, 0.717) is 6.61 Å². The Balaban J connectivity index is 2.27. The molecule has 1 aromatic carbocycles. The van der Waals surface area contributed by atoms with Gasteiger partial charge in [0.15, 0.2) is 0 Å². The second kappa shape index (κ2) is 5.06. The second-order valence-electron chi connectivity index (χ2n) is 4.06. The molecule has 17 heavy (non-hydrogen) atoms. The molecule has 92 valence electrons. The first-order chi connectivity index (χ1) is 8.13. The molecule has 2 amide bonds.